The van der Waals surface area contributed by atoms with Crippen LogP contribution < -0.4 is 10.6 Å². The molecule has 0 unspecified atom stereocenters. The van der Waals surface area contributed by atoms with Gasteiger partial charge < -0.3 is 10.6 Å². The smallest absolute Gasteiger partial charge is 0.239 e. The van der Waals surface area contributed by atoms with Gasteiger partial charge in [0.15, 0.2) is 0 Å². The third-order valence-corrected chi connectivity index (χ3v) is 4.25. The van der Waals surface area contributed by atoms with E-state index in [2.05, 4.69) is 43.4 Å². The molecule has 1 aliphatic heterocycles. The molecule has 5 nitrogen and oxygen atoms in total. The summed E-state index contributed by atoms with van der Waals surface area (Å²) in [6.07, 6.45) is 4.08. The SMILES string of the molecule is CCN(CC(=O)Nc1ccc(Br)cn1)CC1CCNCC1. The Kier molecular flexibility index (Phi) is 6.60. The van der Waals surface area contributed by atoms with E-state index in [1.807, 2.05) is 6.07 Å². The van der Waals surface area contributed by atoms with Crippen molar-refractivity contribution in [2.45, 2.75) is 19.8 Å². The second kappa shape index (κ2) is 8.46. The lowest BCUT2D eigenvalue weighted by molar-refractivity contribution is -0.117. The van der Waals surface area contributed by atoms with Gasteiger partial charge >= 0.3 is 0 Å². The number of amides is 1. The summed E-state index contributed by atoms with van der Waals surface area (Å²) in [5, 5.41) is 6.22. The van der Waals surface area contributed by atoms with Crippen molar-refractivity contribution in [1.29, 1.82) is 0 Å². The number of hydrogen-bond donors (Lipinski definition) is 2. The molecule has 1 amide bonds. The van der Waals surface area contributed by atoms with Gasteiger partial charge in [-0.2, -0.15) is 0 Å². The summed E-state index contributed by atoms with van der Waals surface area (Å²) in [7, 11) is 0. The zero-order valence-electron chi connectivity index (χ0n) is 12.4. The fraction of sp³-hybridized carbons (Fsp3) is 0.600. The van der Waals surface area contributed by atoms with Gasteiger partial charge in [0.1, 0.15) is 5.82 Å². The van der Waals surface area contributed by atoms with E-state index in [4.69, 9.17) is 0 Å². The van der Waals surface area contributed by atoms with Crippen LogP contribution in [0.5, 0.6) is 0 Å². The predicted molar refractivity (Wildman–Crippen MR) is 88.3 cm³/mol. The highest BCUT2D eigenvalue weighted by atomic mass is 79.9. The van der Waals surface area contributed by atoms with Crippen molar-refractivity contribution >= 4 is 27.7 Å². The molecule has 0 radical (unpaired) electrons. The Hall–Kier alpha value is -0.980. The van der Waals surface area contributed by atoms with Crippen LogP contribution in [0.3, 0.4) is 0 Å². The van der Waals surface area contributed by atoms with Gasteiger partial charge in [-0.25, -0.2) is 4.98 Å². The van der Waals surface area contributed by atoms with Crippen molar-refractivity contribution < 1.29 is 4.79 Å². The molecular weight excluding hydrogens is 332 g/mol. The third kappa shape index (κ3) is 5.73. The first-order chi connectivity index (χ1) is 10.2. The van der Waals surface area contributed by atoms with Crippen LogP contribution in [0.1, 0.15) is 19.8 Å². The summed E-state index contributed by atoms with van der Waals surface area (Å²) in [5.41, 5.74) is 0. The van der Waals surface area contributed by atoms with Crippen LogP contribution in [0.4, 0.5) is 5.82 Å². The molecule has 0 bridgehead atoms. The first-order valence-corrected chi connectivity index (χ1v) is 8.31. The molecule has 2 N–H and O–H groups in total. The standard InChI is InChI=1S/C15H23BrN4O/c1-2-20(10-12-5-7-17-8-6-12)11-15(21)19-14-4-3-13(16)9-18-14/h3-4,9,12,17H,2,5-8,10-11H2,1H3,(H,18,19,21). The number of likely N-dealkylation sites (N-methyl/N-ethyl adjacent to an activating group) is 1. The van der Waals surface area contributed by atoms with Gasteiger partial charge in [0.2, 0.25) is 5.91 Å². The minimum absolute atomic E-state index is 0.000562. The summed E-state index contributed by atoms with van der Waals surface area (Å²) in [5.74, 6) is 1.30. The molecule has 0 spiro atoms. The van der Waals surface area contributed by atoms with E-state index in [0.717, 1.165) is 30.7 Å². The minimum Gasteiger partial charge on any atom is -0.317 e. The highest BCUT2D eigenvalue weighted by Crippen LogP contribution is 2.14. The number of nitrogens with one attached hydrogen (secondary N) is 2. The van der Waals surface area contributed by atoms with Crippen molar-refractivity contribution in [1.82, 2.24) is 15.2 Å². The van der Waals surface area contributed by atoms with Crippen LogP contribution in [0.2, 0.25) is 0 Å². The molecule has 0 atom stereocenters. The quantitative estimate of drug-likeness (QED) is 0.821. The lowest BCUT2D eigenvalue weighted by atomic mass is 9.97. The first kappa shape index (κ1) is 16.4. The fourth-order valence-electron chi connectivity index (χ4n) is 2.57. The average Bonchev–Trinajstić information content (AvgIpc) is 2.50. The van der Waals surface area contributed by atoms with Crippen molar-refractivity contribution in [3.8, 4) is 0 Å². The number of anilines is 1. The molecular formula is C15H23BrN4O. The summed E-state index contributed by atoms with van der Waals surface area (Å²) in [6, 6.07) is 3.67. The van der Waals surface area contributed by atoms with Gasteiger partial charge in [-0.3, -0.25) is 9.69 Å². The van der Waals surface area contributed by atoms with Crippen LogP contribution in [-0.4, -0.2) is 48.5 Å². The van der Waals surface area contributed by atoms with E-state index in [9.17, 15) is 4.79 Å². The van der Waals surface area contributed by atoms with Gasteiger partial charge in [0, 0.05) is 17.2 Å². The van der Waals surface area contributed by atoms with E-state index >= 15 is 0 Å². The number of nitrogens with zero attached hydrogens (tertiary/aromatic N) is 2. The van der Waals surface area contributed by atoms with Crippen molar-refractivity contribution in [3.05, 3.63) is 22.8 Å². The van der Waals surface area contributed by atoms with Gasteiger partial charge in [-0.1, -0.05) is 6.92 Å². The summed E-state index contributed by atoms with van der Waals surface area (Å²) >= 11 is 3.33. The Labute approximate surface area is 134 Å². The molecule has 1 aliphatic rings. The Morgan fingerprint density at radius 2 is 2.24 bits per heavy atom. The largest absolute Gasteiger partial charge is 0.317 e. The number of hydrogen-bond acceptors (Lipinski definition) is 4. The fourth-order valence-corrected chi connectivity index (χ4v) is 2.80. The van der Waals surface area contributed by atoms with Crippen molar-refractivity contribution in [3.63, 3.8) is 0 Å². The number of carbonyl (C=O) groups is 1. The molecule has 1 aromatic rings. The van der Waals surface area contributed by atoms with E-state index < -0.39 is 0 Å². The highest BCUT2D eigenvalue weighted by Gasteiger charge is 2.18. The van der Waals surface area contributed by atoms with Gasteiger partial charge in [-0.15, -0.1) is 0 Å². The van der Waals surface area contributed by atoms with E-state index in [1.165, 1.54) is 12.8 Å². The summed E-state index contributed by atoms with van der Waals surface area (Å²) < 4.78 is 0.904. The second-order valence-electron chi connectivity index (χ2n) is 5.43. The maximum absolute atomic E-state index is 12.1. The van der Waals surface area contributed by atoms with Gasteiger partial charge in [-0.05, 0) is 66.5 Å². The Morgan fingerprint density at radius 3 is 2.86 bits per heavy atom. The monoisotopic (exact) mass is 354 g/mol. The van der Waals surface area contributed by atoms with Gasteiger partial charge in [0.05, 0.1) is 6.54 Å². The van der Waals surface area contributed by atoms with Crippen LogP contribution in [0.25, 0.3) is 0 Å². The minimum atomic E-state index is 0.000562. The summed E-state index contributed by atoms with van der Waals surface area (Å²) in [6.45, 7) is 6.61. The molecule has 0 saturated carbocycles. The summed E-state index contributed by atoms with van der Waals surface area (Å²) in [4.78, 5) is 18.5. The van der Waals surface area contributed by atoms with Crippen LogP contribution >= 0.6 is 15.9 Å². The van der Waals surface area contributed by atoms with E-state index in [0.29, 0.717) is 18.3 Å². The third-order valence-electron chi connectivity index (χ3n) is 3.78. The molecule has 2 rings (SSSR count). The highest BCUT2D eigenvalue weighted by molar-refractivity contribution is 9.10. The maximum atomic E-state index is 12.1. The van der Waals surface area contributed by atoms with Gasteiger partial charge in [0.25, 0.3) is 0 Å². The molecule has 1 saturated heterocycles. The number of halogens is 1. The number of pyridine rings is 1. The number of piperidine rings is 1. The average molecular weight is 355 g/mol. The van der Waals surface area contributed by atoms with Crippen LogP contribution in [0, 0.1) is 5.92 Å². The number of rotatable bonds is 6. The molecule has 0 aliphatic carbocycles. The molecule has 0 aromatic carbocycles. The van der Waals surface area contributed by atoms with Crippen LogP contribution in [-0.2, 0) is 4.79 Å². The Morgan fingerprint density at radius 1 is 1.48 bits per heavy atom. The lowest BCUT2D eigenvalue weighted by Crippen LogP contribution is -2.39. The number of aromatic nitrogens is 1. The zero-order chi connectivity index (χ0) is 15.1. The Bertz CT molecular complexity index is 445. The molecule has 6 heteroatoms. The van der Waals surface area contributed by atoms with Crippen molar-refractivity contribution in [2.75, 3.05) is 38.0 Å². The zero-order valence-corrected chi connectivity index (χ0v) is 14.0. The van der Waals surface area contributed by atoms with Crippen molar-refractivity contribution in [2.24, 2.45) is 5.92 Å². The Balaban J connectivity index is 1.79. The molecule has 21 heavy (non-hydrogen) atoms. The topological polar surface area (TPSA) is 57.3 Å². The van der Waals surface area contributed by atoms with Crippen LogP contribution in [0.15, 0.2) is 22.8 Å². The normalized spacial score (nSPS) is 16.1. The predicted octanol–water partition coefficient (Wildman–Crippen LogP) is 2.10. The second-order valence-corrected chi connectivity index (χ2v) is 6.35. The first-order valence-electron chi connectivity index (χ1n) is 7.52. The van der Waals surface area contributed by atoms with E-state index in [-0.39, 0.29) is 5.91 Å². The molecule has 116 valence electrons. The molecule has 2 heterocycles. The molecule has 1 fully saturated rings. The number of carbonyl (C=O) groups excluding carboxylic acids is 1. The lowest BCUT2D eigenvalue weighted by Gasteiger charge is -2.28. The van der Waals surface area contributed by atoms with E-state index in [1.54, 1.807) is 12.3 Å². The maximum Gasteiger partial charge on any atom is 0.239 e. The molecule has 1 aromatic heterocycles.